The van der Waals surface area contributed by atoms with Crippen LogP contribution in [0.25, 0.3) is 0 Å². The van der Waals surface area contributed by atoms with Gasteiger partial charge >= 0.3 is 11.9 Å². The van der Waals surface area contributed by atoms with Gasteiger partial charge in [0.15, 0.2) is 23.2 Å². The number of fused-ring (bicyclic) bond motifs is 3. The molecular formula is C31H43NO10. The van der Waals surface area contributed by atoms with E-state index in [1.807, 2.05) is 12.1 Å². The quantitative estimate of drug-likeness (QED) is 0.275. The zero-order valence-corrected chi connectivity index (χ0v) is 25.0. The monoisotopic (exact) mass is 589 g/mol. The Balaban J connectivity index is 1.46. The molecule has 1 aliphatic carbocycles. The second-order valence-electron chi connectivity index (χ2n) is 12.4. The maximum Gasteiger partial charge on any atom is 0.339 e. The Kier molecular flexibility index (Phi) is 8.76. The van der Waals surface area contributed by atoms with E-state index in [-0.39, 0.29) is 38.8 Å². The summed E-state index contributed by atoms with van der Waals surface area (Å²) in [6.45, 7) is 5.37. The molecule has 1 saturated heterocycles. The normalized spacial score (nSPS) is 25.9. The molecule has 2 unspecified atom stereocenters. The van der Waals surface area contributed by atoms with Gasteiger partial charge in [0.2, 0.25) is 6.79 Å². The fourth-order valence-electron chi connectivity index (χ4n) is 6.92. The van der Waals surface area contributed by atoms with E-state index in [1.165, 1.54) is 7.11 Å². The molecule has 0 aromatic heterocycles. The summed E-state index contributed by atoms with van der Waals surface area (Å²) in [5.74, 6) is -0.136. The number of hydrogen-bond acceptors (Lipinski definition) is 11. The molecule has 2 N–H and O–H groups in total. The molecule has 3 heterocycles. The third kappa shape index (κ3) is 5.97. The van der Waals surface area contributed by atoms with E-state index in [9.17, 15) is 19.8 Å². The first kappa shape index (κ1) is 30.6. The van der Waals surface area contributed by atoms with E-state index < -0.39 is 41.2 Å². The average Bonchev–Trinajstić information content (AvgIpc) is 3.61. The Morgan fingerprint density at radius 2 is 1.86 bits per heavy atom. The van der Waals surface area contributed by atoms with Crippen LogP contribution in [0.1, 0.15) is 69.4 Å². The molecule has 11 nitrogen and oxygen atoms in total. The van der Waals surface area contributed by atoms with Crippen LogP contribution in [0.2, 0.25) is 0 Å². The van der Waals surface area contributed by atoms with Crippen LogP contribution in [-0.2, 0) is 35.0 Å². The van der Waals surface area contributed by atoms with E-state index in [2.05, 4.69) is 11.0 Å². The molecule has 1 fully saturated rings. The first-order valence-corrected chi connectivity index (χ1v) is 14.7. The number of benzene rings is 1. The zero-order chi connectivity index (χ0) is 30.1. The lowest BCUT2D eigenvalue weighted by Crippen LogP contribution is -2.49. The highest BCUT2D eigenvalue weighted by molar-refractivity contribution is 5.86. The lowest BCUT2D eigenvalue weighted by atomic mass is 9.77. The lowest BCUT2D eigenvalue weighted by molar-refractivity contribution is -0.179. The van der Waals surface area contributed by atoms with Crippen molar-refractivity contribution in [3.63, 3.8) is 0 Å². The Labute approximate surface area is 246 Å². The minimum Gasteiger partial charge on any atom is -0.497 e. The molecule has 1 spiro atoms. The third-order valence-electron chi connectivity index (χ3n) is 8.94. The summed E-state index contributed by atoms with van der Waals surface area (Å²) in [5, 5.41) is 21.9. The van der Waals surface area contributed by atoms with Gasteiger partial charge in [-0.15, -0.1) is 0 Å². The summed E-state index contributed by atoms with van der Waals surface area (Å²) in [5.41, 5.74) is -1.52. The summed E-state index contributed by atoms with van der Waals surface area (Å²) in [6, 6.07) is 4.00. The number of rotatable bonds is 12. The highest BCUT2D eigenvalue weighted by Gasteiger charge is 2.59. The van der Waals surface area contributed by atoms with Gasteiger partial charge in [0.25, 0.3) is 0 Å². The van der Waals surface area contributed by atoms with Crippen molar-refractivity contribution in [2.24, 2.45) is 0 Å². The van der Waals surface area contributed by atoms with Crippen LogP contribution in [0, 0.1) is 0 Å². The van der Waals surface area contributed by atoms with E-state index in [4.69, 9.17) is 28.4 Å². The Bertz CT molecular complexity index is 1210. The van der Waals surface area contributed by atoms with Crippen molar-refractivity contribution in [2.45, 2.75) is 87.6 Å². The average molecular weight is 590 g/mol. The van der Waals surface area contributed by atoms with E-state index in [1.54, 1.807) is 21.0 Å². The third-order valence-corrected chi connectivity index (χ3v) is 8.94. The number of methoxy groups -OCH3 is 2. The molecule has 232 valence electrons. The van der Waals surface area contributed by atoms with Crippen LogP contribution >= 0.6 is 0 Å². The zero-order valence-electron chi connectivity index (χ0n) is 25.0. The van der Waals surface area contributed by atoms with Crippen LogP contribution < -0.4 is 9.47 Å². The van der Waals surface area contributed by atoms with Gasteiger partial charge in [-0.2, -0.15) is 0 Å². The number of hydrogen-bond donors (Lipinski definition) is 2. The molecule has 0 saturated carbocycles. The number of ether oxygens (including phenoxy) is 6. The summed E-state index contributed by atoms with van der Waals surface area (Å²) in [6.07, 6.45) is 3.80. The minimum atomic E-state index is -2.16. The molecule has 5 rings (SSSR count). The summed E-state index contributed by atoms with van der Waals surface area (Å²) in [7, 11) is 3.04. The van der Waals surface area contributed by atoms with Crippen LogP contribution in [0.15, 0.2) is 24.0 Å². The van der Waals surface area contributed by atoms with Crippen molar-refractivity contribution in [1.29, 1.82) is 0 Å². The molecule has 0 amide bonds. The fraction of sp³-hybridized carbons (Fsp3) is 0.677. The van der Waals surface area contributed by atoms with Crippen molar-refractivity contribution in [2.75, 3.05) is 47.3 Å². The largest absolute Gasteiger partial charge is 0.497 e. The van der Waals surface area contributed by atoms with Gasteiger partial charge in [0, 0.05) is 13.7 Å². The van der Waals surface area contributed by atoms with Gasteiger partial charge in [-0.05, 0) is 88.3 Å². The van der Waals surface area contributed by atoms with Crippen molar-refractivity contribution >= 4 is 11.9 Å². The minimum absolute atomic E-state index is 0.00334. The molecule has 4 aliphatic rings. The second-order valence-corrected chi connectivity index (χ2v) is 12.4. The SMILES string of the molecule is COCCOC(=O)CC(O)(CCCC(C)(C)O)C(=O)OC1C(OC)=C[C@]23CCCN2CCc2cc4c(cc2[C@H]13)OCO4. The van der Waals surface area contributed by atoms with Crippen LogP contribution in [0.5, 0.6) is 11.5 Å². The predicted octanol–water partition coefficient (Wildman–Crippen LogP) is 2.60. The summed E-state index contributed by atoms with van der Waals surface area (Å²) >= 11 is 0. The van der Waals surface area contributed by atoms with Gasteiger partial charge < -0.3 is 38.6 Å². The molecular weight excluding hydrogens is 546 g/mol. The van der Waals surface area contributed by atoms with Crippen molar-refractivity contribution < 1.29 is 48.2 Å². The fourth-order valence-corrected chi connectivity index (χ4v) is 6.92. The first-order valence-electron chi connectivity index (χ1n) is 14.7. The smallest absolute Gasteiger partial charge is 0.339 e. The van der Waals surface area contributed by atoms with Crippen molar-refractivity contribution in [3.05, 3.63) is 35.1 Å². The molecule has 3 aliphatic heterocycles. The number of esters is 2. The van der Waals surface area contributed by atoms with Crippen LogP contribution in [0.3, 0.4) is 0 Å². The van der Waals surface area contributed by atoms with Gasteiger partial charge in [0.1, 0.15) is 12.4 Å². The van der Waals surface area contributed by atoms with Gasteiger partial charge in [0.05, 0.1) is 37.2 Å². The number of carbonyl (C=O) groups excluding carboxylic acids is 2. The molecule has 0 bridgehead atoms. The molecule has 11 heteroatoms. The van der Waals surface area contributed by atoms with Gasteiger partial charge in [-0.3, -0.25) is 9.69 Å². The topological polar surface area (TPSA) is 133 Å². The van der Waals surface area contributed by atoms with Crippen molar-refractivity contribution in [1.82, 2.24) is 4.90 Å². The molecule has 42 heavy (non-hydrogen) atoms. The molecule has 4 atom stereocenters. The number of carbonyl (C=O) groups is 2. The molecule has 1 aromatic carbocycles. The maximum absolute atomic E-state index is 13.9. The standard InChI is InChI=1S/C31H43NO10/c1-29(2,35)8-5-10-31(36,18-25(33)39-14-13-37-3)28(34)42-27-24(38-4)17-30-9-6-11-32(30)12-7-20-15-22-23(41-19-40-22)16-21(20)26(27)30/h15-17,26-27,35-36H,5-14,18-19H2,1-4H3/t26-,27?,30+,31?/m1/s1. The Hall–Kier alpha value is -2.86. The van der Waals surface area contributed by atoms with Crippen LogP contribution in [-0.4, -0.2) is 97.2 Å². The summed E-state index contributed by atoms with van der Waals surface area (Å²) in [4.78, 5) is 29.1. The van der Waals surface area contributed by atoms with E-state index in [0.29, 0.717) is 23.7 Å². The molecule has 1 aromatic rings. The highest BCUT2D eigenvalue weighted by atomic mass is 16.7. The number of nitrogens with zero attached hydrogens (tertiary/aromatic N) is 1. The Morgan fingerprint density at radius 1 is 1.10 bits per heavy atom. The van der Waals surface area contributed by atoms with E-state index >= 15 is 0 Å². The lowest BCUT2D eigenvalue weighted by Gasteiger charge is -2.39. The van der Waals surface area contributed by atoms with Crippen LogP contribution in [0.4, 0.5) is 0 Å². The summed E-state index contributed by atoms with van der Waals surface area (Å²) < 4.78 is 33.6. The maximum atomic E-state index is 13.9. The predicted molar refractivity (Wildman–Crippen MR) is 150 cm³/mol. The van der Waals surface area contributed by atoms with E-state index in [0.717, 1.165) is 43.5 Å². The first-order chi connectivity index (χ1) is 20.0. The highest BCUT2D eigenvalue weighted by Crippen LogP contribution is 2.55. The number of aliphatic hydroxyl groups is 2. The Morgan fingerprint density at radius 3 is 2.57 bits per heavy atom. The van der Waals surface area contributed by atoms with Gasteiger partial charge in [-0.25, -0.2) is 4.79 Å². The van der Waals surface area contributed by atoms with Crippen molar-refractivity contribution in [3.8, 4) is 11.5 Å². The second kappa shape index (κ2) is 12.0. The van der Waals surface area contributed by atoms with Gasteiger partial charge in [-0.1, -0.05) is 0 Å². The molecule has 0 radical (unpaired) electrons.